The van der Waals surface area contributed by atoms with Gasteiger partial charge in [0.1, 0.15) is 5.75 Å². The van der Waals surface area contributed by atoms with Crippen LogP contribution in [0.1, 0.15) is 37.7 Å². The molecule has 2 aromatic carbocycles. The van der Waals surface area contributed by atoms with Crippen LogP contribution in [-0.2, 0) is 0 Å². The molecule has 6 heteroatoms. The summed E-state index contributed by atoms with van der Waals surface area (Å²) < 4.78 is 6.56. The molecule has 0 saturated heterocycles. The van der Waals surface area contributed by atoms with Crippen molar-refractivity contribution in [3.05, 3.63) is 64.4 Å². The highest BCUT2D eigenvalue weighted by atomic mass is 16.5. The van der Waals surface area contributed by atoms with Crippen LogP contribution in [0.2, 0.25) is 0 Å². The summed E-state index contributed by atoms with van der Waals surface area (Å²) in [4.78, 5) is 20.3. The minimum atomic E-state index is -0.266. The molecule has 0 atom stereocenters. The zero-order valence-electron chi connectivity index (χ0n) is 19.0. The monoisotopic (exact) mass is 433 g/mol. The Kier molecular flexibility index (Phi) is 6.33. The Morgan fingerprint density at radius 1 is 1.06 bits per heavy atom. The third-order valence-corrected chi connectivity index (χ3v) is 6.77. The molecule has 4 rings (SSSR count). The van der Waals surface area contributed by atoms with Crippen molar-refractivity contribution in [1.82, 2.24) is 9.47 Å². The Labute approximate surface area is 188 Å². The second kappa shape index (κ2) is 9.17. The number of hydrogen-bond donors (Lipinski definition) is 1. The maximum atomic E-state index is 13.2. The van der Waals surface area contributed by atoms with Crippen molar-refractivity contribution in [3.8, 4) is 17.3 Å². The van der Waals surface area contributed by atoms with Crippen molar-refractivity contribution in [3.63, 3.8) is 0 Å². The minimum absolute atomic E-state index is 0.0462. The van der Waals surface area contributed by atoms with E-state index in [-0.39, 0.29) is 17.0 Å². The first kappa shape index (κ1) is 22.1. The number of pyridine rings is 1. The normalized spacial score (nSPS) is 16.1. The standard InChI is InChI=1S/C26H31N3O3/c1-28(2)26(15-7-4-8-16-26)18-27-17-23-21-9-5-6-10-22(21)24(30)29(25(23)31)19-11-13-20(32-3)14-12-19/h5-6,9-14,17,31H,4,7-8,15-16,18H2,1-3H3. The Balaban J connectivity index is 1.80. The molecule has 1 aromatic heterocycles. The van der Waals surface area contributed by atoms with Gasteiger partial charge in [-0.05, 0) is 57.3 Å². The average molecular weight is 434 g/mol. The van der Waals surface area contributed by atoms with Gasteiger partial charge in [0.15, 0.2) is 0 Å². The predicted molar refractivity (Wildman–Crippen MR) is 130 cm³/mol. The molecule has 0 spiro atoms. The van der Waals surface area contributed by atoms with E-state index in [1.54, 1.807) is 43.7 Å². The van der Waals surface area contributed by atoms with Crippen LogP contribution in [0.4, 0.5) is 0 Å². The van der Waals surface area contributed by atoms with Gasteiger partial charge in [-0.3, -0.25) is 9.79 Å². The van der Waals surface area contributed by atoms with Gasteiger partial charge >= 0.3 is 0 Å². The lowest BCUT2D eigenvalue weighted by molar-refractivity contribution is 0.110. The topological polar surface area (TPSA) is 67.1 Å². The Morgan fingerprint density at radius 2 is 1.72 bits per heavy atom. The quantitative estimate of drug-likeness (QED) is 0.586. The molecule has 0 amide bonds. The first-order valence-corrected chi connectivity index (χ1v) is 11.2. The highest BCUT2D eigenvalue weighted by Crippen LogP contribution is 2.33. The molecule has 0 aliphatic heterocycles. The van der Waals surface area contributed by atoms with Crippen molar-refractivity contribution >= 4 is 17.0 Å². The van der Waals surface area contributed by atoms with E-state index in [2.05, 4.69) is 19.0 Å². The minimum Gasteiger partial charge on any atom is -0.497 e. The molecular formula is C26H31N3O3. The molecule has 0 radical (unpaired) electrons. The van der Waals surface area contributed by atoms with Gasteiger partial charge in [0, 0.05) is 22.5 Å². The highest BCUT2D eigenvalue weighted by molar-refractivity contribution is 6.01. The lowest BCUT2D eigenvalue weighted by atomic mass is 9.81. The van der Waals surface area contributed by atoms with E-state index in [4.69, 9.17) is 9.73 Å². The molecule has 3 aromatic rings. The zero-order chi connectivity index (χ0) is 22.7. The molecule has 168 valence electrons. The van der Waals surface area contributed by atoms with Crippen LogP contribution in [0.3, 0.4) is 0 Å². The van der Waals surface area contributed by atoms with Crippen LogP contribution >= 0.6 is 0 Å². The van der Waals surface area contributed by atoms with Gasteiger partial charge in [-0.2, -0.15) is 0 Å². The Hall–Kier alpha value is -3.12. The van der Waals surface area contributed by atoms with E-state index < -0.39 is 0 Å². The summed E-state index contributed by atoms with van der Waals surface area (Å²) in [6, 6.07) is 14.4. The summed E-state index contributed by atoms with van der Waals surface area (Å²) in [5.41, 5.74) is 0.911. The van der Waals surface area contributed by atoms with Crippen LogP contribution < -0.4 is 10.3 Å². The molecule has 1 saturated carbocycles. The fourth-order valence-electron chi connectivity index (χ4n) is 4.72. The second-order valence-corrected chi connectivity index (χ2v) is 8.77. The predicted octanol–water partition coefficient (Wildman–Crippen LogP) is 4.39. The van der Waals surface area contributed by atoms with Gasteiger partial charge in [-0.1, -0.05) is 37.5 Å². The lowest BCUT2D eigenvalue weighted by Gasteiger charge is -2.42. The maximum Gasteiger partial charge on any atom is 0.265 e. The van der Waals surface area contributed by atoms with Crippen molar-refractivity contribution in [2.45, 2.75) is 37.6 Å². The van der Waals surface area contributed by atoms with Crippen molar-refractivity contribution in [2.24, 2.45) is 4.99 Å². The first-order valence-electron chi connectivity index (χ1n) is 11.2. The summed E-state index contributed by atoms with van der Waals surface area (Å²) in [5, 5.41) is 12.4. The van der Waals surface area contributed by atoms with E-state index in [0.717, 1.165) is 12.8 Å². The number of aromatic nitrogens is 1. The van der Waals surface area contributed by atoms with Crippen LogP contribution in [0.15, 0.2) is 58.3 Å². The fourth-order valence-corrected chi connectivity index (χ4v) is 4.72. The molecule has 32 heavy (non-hydrogen) atoms. The molecule has 1 aliphatic rings. The average Bonchev–Trinajstić information content (AvgIpc) is 2.82. The van der Waals surface area contributed by atoms with Gasteiger partial charge in [0.05, 0.1) is 24.9 Å². The van der Waals surface area contributed by atoms with E-state index >= 15 is 0 Å². The largest absolute Gasteiger partial charge is 0.497 e. The van der Waals surface area contributed by atoms with Crippen LogP contribution in [0, 0.1) is 0 Å². The number of rotatable bonds is 6. The molecule has 1 fully saturated rings. The lowest BCUT2D eigenvalue weighted by Crippen LogP contribution is -2.48. The summed E-state index contributed by atoms with van der Waals surface area (Å²) >= 11 is 0. The fraction of sp³-hybridized carbons (Fsp3) is 0.385. The van der Waals surface area contributed by atoms with E-state index in [9.17, 15) is 9.90 Å². The van der Waals surface area contributed by atoms with Gasteiger partial charge in [0.25, 0.3) is 5.56 Å². The number of benzene rings is 2. The Bertz CT molecular complexity index is 1170. The summed E-state index contributed by atoms with van der Waals surface area (Å²) in [7, 11) is 5.84. The number of ether oxygens (including phenoxy) is 1. The van der Waals surface area contributed by atoms with Gasteiger partial charge in [-0.25, -0.2) is 4.57 Å². The van der Waals surface area contributed by atoms with Crippen molar-refractivity contribution in [1.29, 1.82) is 0 Å². The maximum absolute atomic E-state index is 13.2. The first-order chi connectivity index (χ1) is 15.5. The smallest absolute Gasteiger partial charge is 0.265 e. The number of aliphatic imine (C=N–C) groups is 1. The molecule has 0 bridgehead atoms. The number of methoxy groups -OCH3 is 1. The van der Waals surface area contributed by atoms with E-state index in [1.165, 1.54) is 23.8 Å². The summed E-state index contributed by atoms with van der Waals surface area (Å²) in [6.45, 7) is 0.662. The number of likely N-dealkylation sites (N-methyl/N-ethyl adjacent to an activating group) is 1. The Morgan fingerprint density at radius 3 is 2.34 bits per heavy atom. The molecule has 1 N–H and O–H groups in total. The van der Waals surface area contributed by atoms with Crippen molar-refractivity contribution in [2.75, 3.05) is 27.7 Å². The number of nitrogens with zero attached hydrogens (tertiary/aromatic N) is 3. The zero-order valence-corrected chi connectivity index (χ0v) is 19.0. The third-order valence-electron chi connectivity index (χ3n) is 6.77. The summed E-state index contributed by atoms with van der Waals surface area (Å²) in [6.07, 6.45) is 7.67. The molecule has 1 heterocycles. The van der Waals surface area contributed by atoms with E-state index in [1.807, 2.05) is 18.2 Å². The van der Waals surface area contributed by atoms with Gasteiger partial charge < -0.3 is 14.7 Å². The molecule has 0 unspecified atom stereocenters. The number of fused-ring (bicyclic) bond motifs is 1. The number of aromatic hydroxyl groups is 1. The van der Waals surface area contributed by atoms with Crippen LogP contribution in [0.25, 0.3) is 16.5 Å². The van der Waals surface area contributed by atoms with Crippen LogP contribution in [-0.4, -0.2) is 54.1 Å². The van der Waals surface area contributed by atoms with Gasteiger partial charge in [0.2, 0.25) is 5.88 Å². The second-order valence-electron chi connectivity index (χ2n) is 8.77. The number of hydrogen-bond acceptors (Lipinski definition) is 5. The summed E-state index contributed by atoms with van der Waals surface area (Å²) in [5.74, 6) is 0.579. The van der Waals surface area contributed by atoms with E-state index in [0.29, 0.717) is 34.3 Å². The van der Waals surface area contributed by atoms with Crippen LogP contribution in [0.5, 0.6) is 11.6 Å². The molecule has 6 nitrogen and oxygen atoms in total. The molecular weight excluding hydrogens is 402 g/mol. The highest BCUT2D eigenvalue weighted by Gasteiger charge is 2.33. The van der Waals surface area contributed by atoms with Crippen molar-refractivity contribution < 1.29 is 9.84 Å². The third kappa shape index (κ3) is 4.02. The molecule has 1 aliphatic carbocycles. The van der Waals surface area contributed by atoms with Gasteiger partial charge in [-0.15, -0.1) is 0 Å². The SMILES string of the molecule is COc1ccc(-n2c(O)c(C=NCC3(N(C)C)CCCCC3)c3ccccc3c2=O)cc1.